The Hall–Kier alpha value is -3.15. The predicted octanol–water partition coefficient (Wildman–Crippen LogP) is 3.27. The van der Waals surface area contributed by atoms with Crippen LogP contribution in [0.5, 0.6) is 5.75 Å². The first kappa shape index (κ1) is 20.2. The van der Waals surface area contributed by atoms with Crippen LogP contribution in [0, 0.1) is 11.3 Å². The van der Waals surface area contributed by atoms with Crippen molar-refractivity contribution in [1.29, 1.82) is 5.26 Å². The second-order valence-electron chi connectivity index (χ2n) is 5.23. The van der Waals surface area contributed by atoms with Crippen LogP contribution in [0.15, 0.2) is 24.3 Å². The van der Waals surface area contributed by atoms with Crippen LogP contribution in [0.2, 0.25) is 10.0 Å². The number of aliphatic carboxylic acids is 1. The quantitative estimate of drug-likeness (QED) is 0.623. The van der Waals surface area contributed by atoms with Gasteiger partial charge in [0.15, 0.2) is 17.2 Å². The molecule has 0 aliphatic carbocycles. The lowest BCUT2D eigenvalue weighted by molar-refractivity contribution is -0.136. The van der Waals surface area contributed by atoms with E-state index in [4.69, 9.17) is 33.6 Å². The van der Waals surface area contributed by atoms with Crippen LogP contribution in [-0.4, -0.2) is 32.9 Å². The minimum atomic E-state index is -1.21. The first-order chi connectivity index (χ1) is 12.7. The number of carbonyl (C=O) groups is 3. The van der Waals surface area contributed by atoms with Crippen molar-refractivity contribution in [3.05, 3.63) is 51.1 Å². The Labute approximate surface area is 163 Å². The average Bonchev–Trinajstić information content (AvgIpc) is 2.60. The van der Waals surface area contributed by atoms with Gasteiger partial charge in [-0.2, -0.15) is 5.26 Å². The van der Waals surface area contributed by atoms with Crippen molar-refractivity contribution in [3.63, 3.8) is 0 Å². The topological polar surface area (TPSA) is 140 Å². The van der Waals surface area contributed by atoms with Crippen molar-refractivity contribution in [2.24, 2.45) is 0 Å². The summed E-state index contributed by atoms with van der Waals surface area (Å²) in [6, 6.07) is 7.19. The number of Topliss-reactive ketones (excluding diaryl/α,β-unsaturated/α-hetero) is 1. The van der Waals surface area contributed by atoms with Gasteiger partial charge in [0.1, 0.15) is 11.9 Å². The van der Waals surface area contributed by atoms with Crippen molar-refractivity contribution in [3.8, 4) is 11.8 Å². The fraction of sp³-hybridized carbons (Fsp3) is 0.118. The zero-order valence-corrected chi connectivity index (χ0v) is 15.0. The molecule has 8 nitrogen and oxygen atoms in total. The summed E-state index contributed by atoms with van der Waals surface area (Å²) < 4.78 is 0. The van der Waals surface area contributed by atoms with Crippen LogP contribution in [0.1, 0.15) is 39.3 Å². The monoisotopic (exact) mass is 407 g/mol. The first-order valence-corrected chi connectivity index (χ1v) is 8.14. The number of aromatic hydroxyl groups is 1. The van der Waals surface area contributed by atoms with Gasteiger partial charge in [-0.25, -0.2) is 4.98 Å². The smallest absolute Gasteiger partial charge is 0.303 e. The number of carboxylic acids is 1. The van der Waals surface area contributed by atoms with Gasteiger partial charge in [-0.15, -0.1) is 0 Å². The second kappa shape index (κ2) is 8.49. The van der Waals surface area contributed by atoms with E-state index in [0.717, 1.165) is 6.07 Å². The Morgan fingerprint density at radius 3 is 2.37 bits per heavy atom. The molecule has 0 aliphatic rings. The van der Waals surface area contributed by atoms with Crippen molar-refractivity contribution in [2.45, 2.75) is 12.8 Å². The minimum absolute atomic E-state index is 0.0343. The highest BCUT2D eigenvalue weighted by atomic mass is 35.5. The van der Waals surface area contributed by atoms with E-state index in [9.17, 15) is 19.5 Å². The zero-order chi connectivity index (χ0) is 20.1. The molecule has 138 valence electrons. The lowest BCUT2D eigenvalue weighted by atomic mass is 10.1. The SMILES string of the molecule is N#Cc1cc(NC(=O)c2c(Cl)cccc2Cl)nc(C(=O)CCC(=O)O)c1O. The molecule has 3 N–H and O–H groups in total. The largest absolute Gasteiger partial charge is 0.504 e. The maximum absolute atomic E-state index is 12.4. The molecule has 0 unspecified atom stereocenters. The van der Waals surface area contributed by atoms with E-state index in [0.29, 0.717) is 0 Å². The summed E-state index contributed by atoms with van der Waals surface area (Å²) in [4.78, 5) is 38.9. The maximum Gasteiger partial charge on any atom is 0.303 e. The predicted molar refractivity (Wildman–Crippen MR) is 96.2 cm³/mol. The van der Waals surface area contributed by atoms with Gasteiger partial charge >= 0.3 is 5.97 Å². The summed E-state index contributed by atoms with van der Waals surface area (Å²) in [6.45, 7) is 0. The number of anilines is 1. The molecule has 0 atom stereocenters. The number of pyridine rings is 1. The molecule has 1 aromatic carbocycles. The minimum Gasteiger partial charge on any atom is -0.504 e. The molecule has 0 saturated heterocycles. The molecule has 2 rings (SSSR count). The van der Waals surface area contributed by atoms with Crippen molar-refractivity contribution < 1.29 is 24.6 Å². The van der Waals surface area contributed by atoms with Crippen LogP contribution in [-0.2, 0) is 4.79 Å². The van der Waals surface area contributed by atoms with Gasteiger partial charge in [0.2, 0.25) is 0 Å². The van der Waals surface area contributed by atoms with Gasteiger partial charge < -0.3 is 15.5 Å². The molecule has 1 aromatic heterocycles. The number of rotatable bonds is 6. The fourth-order valence-corrected chi connectivity index (χ4v) is 2.68. The lowest BCUT2D eigenvalue weighted by Crippen LogP contribution is -2.16. The van der Waals surface area contributed by atoms with E-state index in [2.05, 4.69) is 10.3 Å². The summed E-state index contributed by atoms with van der Waals surface area (Å²) in [6.07, 6.45) is -0.915. The van der Waals surface area contributed by atoms with Gasteiger partial charge in [-0.3, -0.25) is 14.4 Å². The molecular weight excluding hydrogens is 397 g/mol. The summed E-state index contributed by atoms with van der Waals surface area (Å²) >= 11 is 11.9. The summed E-state index contributed by atoms with van der Waals surface area (Å²) in [5.74, 6) is -3.64. The van der Waals surface area contributed by atoms with Gasteiger partial charge in [-0.05, 0) is 12.1 Å². The highest BCUT2D eigenvalue weighted by molar-refractivity contribution is 6.40. The average molecular weight is 408 g/mol. The molecular formula is C17H11Cl2N3O5. The van der Waals surface area contributed by atoms with E-state index in [1.807, 2.05) is 0 Å². The number of carbonyl (C=O) groups excluding carboxylic acids is 2. The number of ketones is 1. The maximum atomic E-state index is 12.4. The van der Waals surface area contributed by atoms with E-state index in [-0.39, 0.29) is 27.0 Å². The summed E-state index contributed by atoms with van der Waals surface area (Å²) in [7, 11) is 0. The molecule has 0 bridgehead atoms. The molecule has 0 aliphatic heterocycles. The number of hydrogen-bond donors (Lipinski definition) is 3. The third kappa shape index (κ3) is 4.73. The van der Waals surface area contributed by atoms with Crippen LogP contribution < -0.4 is 5.32 Å². The van der Waals surface area contributed by atoms with Gasteiger partial charge in [-0.1, -0.05) is 29.3 Å². The second-order valence-corrected chi connectivity index (χ2v) is 6.05. The molecule has 0 radical (unpaired) electrons. The Morgan fingerprint density at radius 1 is 1.19 bits per heavy atom. The van der Waals surface area contributed by atoms with Gasteiger partial charge in [0.05, 0.1) is 27.6 Å². The number of benzene rings is 1. The number of nitriles is 1. The van der Waals surface area contributed by atoms with Crippen LogP contribution in [0.4, 0.5) is 5.82 Å². The molecule has 27 heavy (non-hydrogen) atoms. The zero-order valence-electron chi connectivity index (χ0n) is 13.5. The third-order valence-corrected chi connectivity index (χ3v) is 4.00. The van der Waals surface area contributed by atoms with Crippen molar-refractivity contribution in [2.75, 3.05) is 5.32 Å². The van der Waals surface area contributed by atoms with Gasteiger partial charge in [0.25, 0.3) is 5.91 Å². The van der Waals surface area contributed by atoms with Crippen molar-refractivity contribution >= 4 is 46.7 Å². The number of carboxylic acid groups (broad SMARTS) is 1. The van der Waals surface area contributed by atoms with E-state index < -0.39 is 41.9 Å². The normalized spacial score (nSPS) is 10.1. The number of hydrogen-bond acceptors (Lipinski definition) is 6. The molecule has 1 amide bonds. The number of nitrogens with one attached hydrogen (secondary N) is 1. The van der Waals surface area contributed by atoms with Crippen molar-refractivity contribution in [1.82, 2.24) is 4.98 Å². The molecule has 10 heteroatoms. The Morgan fingerprint density at radius 2 is 1.81 bits per heavy atom. The van der Waals surface area contributed by atoms with E-state index >= 15 is 0 Å². The highest BCUT2D eigenvalue weighted by Gasteiger charge is 2.21. The first-order valence-electron chi connectivity index (χ1n) is 7.39. The molecule has 0 saturated carbocycles. The fourth-order valence-electron chi connectivity index (χ4n) is 2.11. The Balaban J connectivity index is 2.39. The molecule has 0 spiro atoms. The highest BCUT2D eigenvalue weighted by Crippen LogP contribution is 2.28. The number of nitrogens with zero attached hydrogens (tertiary/aromatic N) is 2. The van der Waals surface area contributed by atoms with E-state index in [1.54, 1.807) is 12.1 Å². The Bertz CT molecular complexity index is 965. The summed E-state index contributed by atoms with van der Waals surface area (Å²) in [5.41, 5.74) is -0.868. The number of amides is 1. The molecule has 1 heterocycles. The third-order valence-electron chi connectivity index (χ3n) is 3.37. The van der Waals surface area contributed by atoms with Crippen LogP contribution >= 0.6 is 23.2 Å². The molecule has 0 fully saturated rings. The summed E-state index contributed by atoms with van der Waals surface area (Å²) in [5, 5.41) is 30.3. The molecule has 2 aromatic rings. The van der Waals surface area contributed by atoms with Gasteiger partial charge in [0, 0.05) is 12.5 Å². The number of halogens is 2. The van der Waals surface area contributed by atoms with Crippen LogP contribution in [0.3, 0.4) is 0 Å². The van der Waals surface area contributed by atoms with E-state index in [1.165, 1.54) is 12.1 Å². The standard InChI is InChI=1S/C17H11Cl2N3O5/c18-9-2-1-3-10(19)14(9)17(27)22-12-6-8(7-20)16(26)15(21-12)11(23)4-5-13(24)25/h1-3,6,26H,4-5H2,(H,24,25)(H,21,22,27). The Kier molecular flexibility index (Phi) is 6.34. The van der Waals surface area contributed by atoms with Crippen LogP contribution in [0.25, 0.3) is 0 Å². The lowest BCUT2D eigenvalue weighted by Gasteiger charge is -2.10. The number of aromatic nitrogens is 1.